The van der Waals surface area contributed by atoms with Gasteiger partial charge in [-0.1, -0.05) is 6.58 Å². The number of Topliss-reactive ketones (excluding diaryl/α,β-unsaturated/α-hetero) is 1. The summed E-state index contributed by atoms with van der Waals surface area (Å²) in [5.41, 5.74) is 0.565. The Morgan fingerprint density at radius 1 is 1.90 bits per heavy atom. The van der Waals surface area contributed by atoms with E-state index in [-0.39, 0.29) is 5.78 Å². The van der Waals surface area contributed by atoms with E-state index in [1.165, 1.54) is 17.8 Å². The molecule has 1 aromatic heterocycles. The number of rotatable bonds is 2. The molecule has 10 heavy (non-hydrogen) atoms. The molecule has 0 bridgehead atoms. The van der Waals surface area contributed by atoms with Crippen LogP contribution < -0.4 is 0 Å². The largest absolute Gasteiger partial charge is 0.293 e. The molecule has 0 radical (unpaired) electrons. The van der Waals surface area contributed by atoms with E-state index >= 15 is 0 Å². The number of aromatic nitrogens is 2. The van der Waals surface area contributed by atoms with Crippen LogP contribution in [-0.4, -0.2) is 15.6 Å². The molecule has 0 aliphatic heterocycles. The van der Waals surface area contributed by atoms with Gasteiger partial charge < -0.3 is 0 Å². The lowest BCUT2D eigenvalue weighted by molar-refractivity contribution is 0.101. The summed E-state index contributed by atoms with van der Waals surface area (Å²) in [5, 5.41) is 3.83. The third-order valence-corrected chi connectivity index (χ3v) is 1.20. The Hall–Kier alpha value is -1.38. The monoisotopic (exact) mass is 136 g/mol. The average Bonchev–Trinajstić information content (AvgIpc) is 2.33. The summed E-state index contributed by atoms with van der Waals surface area (Å²) < 4.78 is 1.45. The minimum atomic E-state index is -0.00241. The first-order chi connectivity index (χ1) is 4.75. The smallest absolute Gasteiger partial charge is 0.178 e. The maximum atomic E-state index is 10.8. The Morgan fingerprint density at radius 2 is 2.60 bits per heavy atom. The molecular formula is C7H8N2O. The van der Waals surface area contributed by atoms with Crippen LogP contribution in [0.2, 0.25) is 0 Å². The van der Waals surface area contributed by atoms with Gasteiger partial charge in [0.2, 0.25) is 0 Å². The van der Waals surface area contributed by atoms with Crippen molar-refractivity contribution in [3.8, 4) is 0 Å². The summed E-state index contributed by atoms with van der Waals surface area (Å²) in [5.74, 6) is -0.00241. The molecule has 0 aliphatic rings. The molecule has 0 saturated heterocycles. The van der Waals surface area contributed by atoms with Gasteiger partial charge in [-0.05, 0) is 6.07 Å². The molecule has 1 heterocycles. The second-order valence-electron chi connectivity index (χ2n) is 1.90. The second-order valence-corrected chi connectivity index (χ2v) is 1.90. The van der Waals surface area contributed by atoms with Crippen LogP contribution in [0.25, 0.3) is 6.20 Å². The topological polar surface area (TPSA) is 34.9 Å². The summed E-state index contributed by atoms with van der Waals surface area (Å²) in [6.45, 7) is 4.99. The molecule has 0 fully saturated rings. The van der Waals surface area contributed by atoms with Crippen LogP contribution in [0, 0.1) is 0 Å². The predicted octanol–water partition coefficient (Wildman–Crippen LogP) is 1.19. The molecular weight excluding hydrogens is 128 g/mol. The molecule has 3 heteroatoms. The molecule has 1 aromatic rings. The van der Waals surface area contributed by atoms with Gasteiger partial charge in [-0.2, -0.15) is 5.10 Å². The van der Waals surface area contributed by atoms with Gasteiger partial charge in [0.05, 0.1) is 6.20 Å². The zero-order chi connectivity index (χ0) is 7.56. The zero-order valence-electron chi connectivity index (χ0n) is 5.74. The van der Waals surface area contributed by atoms with Gasteiger partial charge in [-0.3, -0.25) is 4.79 Å². The molecule has 1 rings (SSSR count). The molecule has 0 unspecified atom stereocenters. The minimum absolute atomic E-state index is 0.00241. The van der Waals surface area contributed by atoms with Gasteiger partial charge in [0, 0.05) is 13.1 Å². The number of carbonyl (C=O) groups excluding carboxylic acids is 1. The molecule has 0 amide bonds. The molecule has 0 aliphatic carbocycles. The number of carbonyl (C=O) groups is 1. The van der Waals surface area contributed by atoms with E-state index in [2.05, 4.69) is 11.7 Å². The summed E-state index contributed by atoms with van der Waals surface area (Å²) >= 11 is 0. The van der Waals surface area contributed by atoms with Gasteiger partial charge in [0.25, 0.3) is 0 Å². The molecule has 0 saturated carbocycles. The van der Waals surface area contributed by atoms with E-state index in [9.17, 15) is 4.79 Å². The first kappa shape index (κ1) is 6.74. The molecule has 0 N–H and O–H groups in total. The highest BCUT2D eigenvalue weighted by atomic mass is 16.1. The average molecular weight is 136 g/mol. The Morgan fingerprint density at radius 3 is 3.00 bits per heavy atom. The van der Waals surface area contributed by atoms with E-state index in [1.807, 2.05) is 0 Å². The summed E-state index contributed by atoms with van der Waals surface area (Å²) in [6, 6.07) is 1.66. The Balaban J connectivity index is 3.13. The van der Waals surface area contributed by atoms with Gasteiger partial charge in [0.1, 0.15) is 5.69 Å². The number of hydrogen-bond donors (Lipinski definition) is 0. The third-order valence-electron chi connectivity index (χ3n) is 1.20. The lowest BCUT2D eigenvalue weighted by Gasteiger charge is -1.93. The highest BCUT2D eigenvalue weighted by molar-refractivity contribution is 5.92. The SMILES string of the molecule is C=Cn1nccc1C(C)=O. The third kappa shape index (κ3) is 0.978. The quantitative estimate of drug-likeness (QED) is 0.572. The zero-order valence-corrected chi connectivity index (χ0v) is 5.74. The van der Waals surface area contributed by atoms with Crippen molar-refractivity contribution in [2.45, 2.75) is 6.92 Å². The Kier molecular flexibility index (Phi) is 1.67. The second kappa shape index (κ2) is 2.47. The van der Waals surface area contributed by atoms with E-state index in [1.54, 1.807) is 12.3 Å². The van der Waals surface area contributed by atoms with Crippen molar-refractivity contribution in [1.82, 2.24) is 9.78 Å². The standard InChI is InChI=1S/C7H8N2O/c1-3-9-7(6(2)10)4-5-8-9/h3-5H,1H2,2H3. The molecule has 3 nitrogen and oxygen atoms in total. The first-order valence-corrected chi connectivity index (χ1v) is 2.92. The molecule has 52 valence electrons. The van der Waals surface area contributed by atoms with Gasteiger partial charge >= 0.3 is 0 Å². The van der Waals surface area contributed by atoms with Crippen LogP contribution in [0.15, 0.2) is 18.8 Å². The highest BCUT2D eigenvalue weighted by Crippen LogP contribution is 1.98. The van der Waals surface area contributed by atoms with Crippen LogP contribution in [0.1, 0.15) is 17.4 Å². The minimum Gasteiger partial charge on any atom is -0.293 e. The van der Waals surface area contributed by atoms with E-state index in [4.69, 9.17) is 0 Å². The maximum Gasteiger partial charge on any atom is 0.178 e. The van der Waals surface area contributed by atoms with E-state index in [0.717, 1.165) is 0 Å². The number of hydrogen-bond acceptors (Lipinski definition) is 2. The van der Waals surface area contributed by atoms with Crippen molar-refractivity contribution in [1.29, 1.82) is 0 Å². The predicted molar refractivity (Wildman–Crippen MR) is 38.6 cm³/mol. The maximum absolute atomic E-state index is 10.8. The number of nitrogens with zero attached hydrogens (tertiary/aromatic N) is 2. The molecule has 0 atom stereocenters. The fraction of sp³-hybridized carbons (Fsp3) is 0.143. The normalized spacial score (nSPS) is 9.30. The summed E-state index contributed by atoms with van der Waals surface area (Å²) in [4.78, 5) is 10.8. The van der Waals surface area contributed by atoms with Crippen molar-refractivity contribution in [2.24, 2.45) is 0 Å². The van der Waals surface area contributed by atoms with Crippen LogP contribution >= 0.6 is 0 Å². The Bertz CT molecular complexity index is 262. The molecule has 0 aromatic carbocycles. The van der Waals surface area contributed by atoms with Crippen LogP contribution in [0.3, 0.4) is 0 Å². The molecule has 0 spiro atoms. The van der Waals surface area contributed by atoms with Crippen molar-refractivity contribution in [2.75, 3.05) is 0 Å². The highest BCUT2D eigenvalue weighted by Gasteiger charge is 2.02. The lowest BCUT2D eigenvalue weighted by atomic mass is 10.3. The summed E-state index contributed by atoms with van der Waals surface area (Å²) in [7, 11) is 0. The first-order valence-electron chi connectivity index (χ1n) is 2.92. The summed E-state index contributed by atoms with van der Waals surface area (Å²) in [6.07, 6.45) is 3.06. The van der Waals surface area contributed by atoms with Gasteiger partial charge in [-0.25, -0.2) is 4.68 Å². The van der Waals surface area contributed by atoms with Crippen LogP contribution in [0.5, 0.6) is 0 Å². The van der Waals surface area contributed by atoms with Crippen molar-refractivity contribution < 1.29 is 4.79 Å². The fourth-order valence-corrected chi connectivity index (χ4v) is 0.738. The Labute approximate surface area is 59.0 Å². The van der Waals surface area contributed by atoms with Gasteiger partial charge in [0.15, 0.2) is 5.78 Å². The van der Waals surface area contributed by atoms with Crippen molar-refractivity contribution >= 4 is 12.0 Å². The lowest BCUT2D eigenvalue weighted by Crippen LogP contribution is -2.00. The fourth-order valence-electron chi connectivity index (χ4n) is 0.738. The number of ketones is 1. The van der Waals surface area contributed by atoms with Crippen LogP contribution in [0.4, 0.5) is 0 Å². The van der Waals surface area contributed by atoms with Crippen molar-refractivity contribution in [3.63, 3.8) is 0 Å². The van der Waals surface area contributed by atoms with Crippen molar-refractivity contribution in [3.05, 3.63) is 24.5 Å². The van der Waals surface area contributed by atoms with E-state index in [0.29, 0.717) is 5.69 Å². The van der Waals surface area contributed by atoms with E-state index < -0.39 is 0 Å². The van der Waals surface area contributed by atoms with Crippen LogP contribution in [-0.2, 0) is 0 Å². The van der Waals surface area contributed by atoms with Gasteiger partial charge in [-0.15, -0.1) is 0 Å².